The van der Waals surface area contributed by atoms with Gasteiger partial charge in [0.05, 0.1) is 6.21 Å². The van der Waals surface area contributed by atoms with Crippen LogP contribution in [0.15, 0.2) is 5.10 Å². The first-order valence-electron chi connectivity index (χ1n) is 2.28. The molecule has 0 aromatic rings. The maximum Gasteiger partial charge on any atom is 0.145 e. The van der Waals surface area contributed by atoms with Crippen molar-refractivity contribution in [3.8, 4) is 0 Å². The lowest BCUT2D eigenvalue weighted by Crippen LogP contribution is -2.28. The minimum atomic E-state index is -0.167. The minimum absolute atomic E-state index is 0.167. The van der Waals surface area contributed by atoms with Gasteiger partial charge in [0, 0.05) is 7.11 Å². The molecule has 4 heteroatoms. The molecule has 0 spiro atoms. The predicted octanol–water partition coefficient (Wildman–Crippen LogP) is -0.877. The summed E-state index contributed by atoms with van der Waals surface area (Å²) in [4.78, 5) is 0. The van der Waals surface area contributed by atoms with Crippen molar-refractivity contribution in [2.24, 2.45) is 10.9 Å². The molecule has 0 saturated carbocycles. The van der Waals surface area contributed by atoms with Crippen molar-refractivity contribution < 1.29 is 4.74 Å². The third-order valence-electron chi connectivity index (χ3n) is 0.760. The summed E-state index contributed by atoms with van der Waals surface area (Å²) in [5, 5.41) is 6.07. The van der Waals surface area contributed by atoms with Crippen LogP contribution in [0.25, 0.3) is 0 Å². The molecule has 0 rings (SSSR count). The fourth-order valence-corrected chi connectivity index (χ4v) is 0.331. The monoisotopic (exact) mass is 117 g/mol. The first-order chi connectivity index (χ1) is 3.85. The Morgan fingerprint density at radius 2 is 2.50 bits per heavy atom. The maximum atomic E-state index is 4.83. The average molecular weight is 117 g/mol. The molecule has 0 saturated heterocycles. The van der Waals surface area contributed by atoms with Crippen molar-refractivity contribution in [3.05, 3.63) is 0 Å². The topological polar surface area (TPSA) is 59.6 Å². The Balaban J connectivity index is 3.36. The van der Waals surface area contributed by atoms with Gasteiger partial charge in [-0.3, -0.25) is 5.32 Å². The fourth-order valence-electron chi connectivity index (χ4n) is 0.331. The highest BCUT2D eigenvalue weighted by Crippen LogP contribution is 1.73. The van der Waals surface area contributed by atoms with E-state index >= 15 is 0 Å². The van der Waals surface area contributed by atoms with Crippen LogP contribution >= 0.6 is 0 Å². The molecule has 3 N–H and O–H groups in total. The van der Waals surface area contributed by atoms with Crippen molar-refractivity contribution in [1.82, 2.24) is 5.32 Å². The Kier molecular flexibility index (Phi) is 4.20. The summed E-state index contributed by atoms with van der Waals surface area (Å²) in [6, 6.07) is 0. The highest BCUT2D eigenvalue weighted by Gasteiger charge is 1.94. The van der Waals surface area contributed by atoms with E-state index in [-0.39, 0.29) is 6.23 Å². The van der Waals surface area contributed by atoms with Crippen molar-refractivity contribution in [2.75, 3.05) is 14.2 Å². The first kappa shape index (κ1) is 7.39. The van der Waals surface area contributed by atoms with E-state index in [9.17, 15) is 0 Å². The van der Waals surface area contributed by atoms with Crippen LogP contribution < -0.4 is 11.2 Å². The maximum absolute atomic E-state index is 4.83. The molecule has 0 amide bonds. The lowest BCUT2D eigenvalue weighted by atomic mass is 10.6. The summed E-state index contributed by atoms with van der Waals surface area (Å²) in [5.41, 5.74) is 0. The zero-order valence-electron chi connectivity index (χ0n) is 5.09. The van der Waals surface area contributed by atoms with Gasteiger partial charge in [-0.2, -0.15) is 5.10 Å². The standard InChI is InChI=1S/C4H11N3O/c1-6-4(8-2)3-7-5/h3-4,6H,5H2,1-2H3/b7-3-. The number of methoxy groups -OCH3 is 1. The van der Waals surface area contributed by atoms with Gasteiger partial charge in [0.1, 0.15) is 6.23 Å². The molecule has 0 aromatic carbocycles. The van der Waals surface area contributed by atoms with E-state index in [1.165, 1.54) is 6.21 Å². The lowest BCUT2D eigenvalue weighted by Gasteiger charge is -2.05. The highest BCUT2D eigenvalue weighted by atomic mass is 16.5. The largest absolute Gasteiger partial charge is 0.361 e. The Morgan fingerprint density at radius 1 is 1.88 bits per heavy atom. The van der Waals surface area contributed by atoms with Gasteiger partial charge in [0.15, 0.2) is 0 Å². The molecule has 0 aliphatic heterocycles. The first-order valence-corrected chi connectivity index (χ1v) is 2.28. The zero-order valence-corrected chi connectivity index (χ0v) is 5.09. The van der Waals surface area contributed by atoms with Crippen LogP contribution in [-0.2, 0) is 4.74 Å². The number of hydrogen-bond donors (Lipinski definition) is 2. The third kappa shape index (κ3) is 2.54. The van der Waals surface area contributed by atoms with Gasteiger partial charge in [-0.25, -0.2) is 0 Å². The average Bonchev–Trinajstić information content (AvgIpc) is 1.83. The van der Waals surface area contributed by atoms with E-state index in [0.717, 1.165) is 0 Å². The summed E-state index contributed by atoms with van der Waals surface area (Å²) in [6.45, 7) is 0. The molecule has 0 fully saturated rings. The summed E-state index contributed by atoms with van der Waals surface area (Å²) in [7, 11) is 3.33. The van der Waals surface area contributed by atoms with Crippen LogP contribution in [0.2, 0.25) is 0 Å². The van der Waals surface area contributed by atoms with Crippen molar-refractivity contribution >= 4 is 6.21 Å². The van der Waals surface area contributed by atoms with Gasteiger partial charge < -0.3 is 10.6 Å². The van der Waals surface area contributed by atoms with Crippen LogP contribution in [0.3, 0.4) is 0 Å². The van der Waals surface area contributed by atoms with Gasteiger partial charge in [-0.05, 0) is 7.05 Å². The Hall–Kier alpha value is -0.610. The predicted molar refractivity (Wildman–Crippen MR) is 32.5 cm³/mol. The van der Waals surface area contributed by atoms with Gasteiger partial charge in [0.25, 0.3) is 0 Å². The zero-order chi connectivity index (χ0) is 6.41. The molecule has 0 aliphatic rings. The molecule has 8 heavy (non-hydrogen) atoms. The second-order valence-electron chi connectivity index (χ2n) is 1.24. The number of nitrogens with one attached hydrogen (secondary N) is 1. The molecular weight excluding hydrogens is 106 g/mol. The second-order valence-corrected chi connectivity index (χ2v) is 1.24. The molecule has 1 unspecified atom stereocenters. The number of nitrogens with two attached hydrogens (primary N) is 1. The van der Waals surface area contributed by atoms with Gasteiger partial charge >= 0.3 is 0 Å². The van der Waals surface area contributed by atoms with Gasteiger partial charge in [-0.15, -0.1) is 0 Å². The number of ether oxygens (including phenoxy) is 1. The van der Waals surface area contributed by atoms with Crippen molar-refractivity contribution in [3.63, 3.8) is 0 Å². The van der Waals surface area contributed by atoms with Crippen molar-refractivity contribution in [1.29, 1.82) is 0 Å². The normalized spacial score (nSPS) is 14.8. The SMILES string of the molecule is CNC(/C=N\N)OC. The molecule has 0 bridgehead atoms. The minimum Gasteiger partial charge on any atom is -0.361 e. The molecule has 0 radical (unpaired) electrons. The number of hydrazone groups is 1. The van der Waals surface area contributed by atoms with Gasteiger partial charge in [0.2, 0.25) is 0 Å². The van der Waals surface area contributed by atoms with Gasteiger partial charge in [-0.1, -0.05) is 0 Å². The van der Waals surface area contributed by atoms with E-state index in [1.807, 2.05) is 0 Å². The molecule has 1 atom stereocenters. The summed E-state index contributed by atoms with van der Waals surface area (Å²) < 4.78 is 4.80. The molecular formula is C4H11N3O. The Morgan fingerprint density at radius 3 is 2.62 bits per heavy atom. The van der Waals surface area contributed by atoms with E-state index in [0.29, 0.717) is 0 Å². The highest BCUT2D eigenvalue weighted by molar-refractivity contribution is 5.61. The van der Waals surface area contributed by atoms with E-state index in [2.05, 4.69) is 10.4 Å². The Bertz CT molecular complexity index is 69.7. The number of nitrogens with zero attached hydrogens (tertiary/aromatic N) is 1. The molecule has 48 valence electrons. The smallest absolute Gasteiger partial charge is 0.145 e. The summed E-state index contributed by atoms with van der Waals surface area (Å²) >= 11 is 0. The summed E-state index contributed by atoms with van der Waals surface area (Å²) in [6.07, 6.45) is 1.31. The molecule has 0 heterocycles. The number of hydrogen-bond acceptors (Lipinski definition) is 4. The lowest BCUT2D eigenvalue weighted by molar-refractivity contribution is 0.138. The van der Waals surface area contributed by atoms with Crippen LogP contribution in [-0.4, -0.2) is 26.6 Å². The quantitative estimate of drug-likeness (QED) is 0.218. The summed E-state index contributed by atoms with van der Waals surface area (Å²) in [5.74, 6) is 4.83. The number of rotatable bonds is 3. The molecule has 0 aromatic heterocycles. The molecule has 0 aliphatic carbocycles. The second kappa shape index (κ2) is 4.55. The van der Waals surface area contributed by atoms with E-state index in [1.54, 1.807) is 14.2 Å². The van der Waals surface area contributed by atoms with Crippen LogP contribution in [0.1, 0.15) is 0 Å². The van der Waals surface area contributed by atoms with E-state index in [4.69, 9.17) is 10.6 Å². The molecule has 4 nitrogen and oxygen atoms in total. The van der Waals surface area contributed by atoms with Crippen LogP contribution in [0.4, 0.5) is 0 Å². The van der Waals surface area contributed by atoms with E-state index < -0.39 is 0 Å². The Labute approximate surface area is 48.7 Å². The van der Waals surface area contributed by atoms with Crippen molar-refractivity contribution in [2.45, 2.75) is 6.23 Å². The van der Waals surface area contributed by atoms with Crippen LogP contribution in [0, 0.1) is 0 Å². The fraction of sp³-hybridized carbons (Fsp3) is 0.750. The third-order valence-corrected chi connectivity index (χ3v) is 0.760. The van der Waals surface area contributed by atoms with Crippen LogP contribution in [0.5, 0.6) is 0 Å².